The van der Waals surface area contributed by atoms with Crippen LogP contribution in [0.5, 0.6) is 0 Å². The Balaban J connectivity index is 1.73. The van der Waals surface area contributed by atoms with Crippen LogP contribution in [-0.4, -0.2) is 33.0 Å². The van der Waals surface area contributed by atoms with Gasteiger partial charge in [0, 0.05) is 12.7 Å². The summed E-state index contributed by atoms with van der Waals surface area (Å²) in [6, 6.07) is 13.3. The molecule has 0 amide bonds. The van der Waals surface area contributed by atoms with E-state index in [-0.39, 0.29) is 0 Å². The highest BCUT2D eigenvalue weighted by Gasteiger charge is 2.34. The second kappa shape index (κ2) is 7.79. The average Bonchev–Trinajstić information content (AvgIpc) is 3.05. The number of hydrogen-bond donors (Lipinski definition) is 1. The highest BCUT2D eigenvalue weighted by molar-refractivity contribution is 5.76. The van der Waals surface area contributed by atoms with Crippen LogP contribution in [0.25, 0.3) is 11.0 Å². The van der Waals surface area contributed by atoms with Crippen molar-refractivity contribution in [3.63, 3.8) is 0 Å². The summed E-state index contributed by atoms with van der Waals surface area (Å²) in [4.78, 5) is 12.2. The molecule has 2 aromatic heterocycles. The van der Waals surface area contributed by atoms with Gasteiger partial charge in [0.25, 0.3) is 0 Å². The van der Waals surface area contributed by atoms with E-state index in [9.17, 15) is 0 Å². The summed E-state index contributed by atoms with van der Waals surface area (Å²) in [5.74, 6) is 1.17. The summed E-state index contributed by atoms with van der Waals surface area (Å²) < 4.78 is 2.39. The average molecular weight is 364 g/mol. The van der Waals surface area contributed by atoms with Crippen LogP contribution in [-0.2, 0) is 6.54 Å². The number of hydrogen-bond acceptors (Lipinski definition) is 4. The van der Waals surface area contributed by atoms with Crippen LogP contribution in [0.4, 0.5) is 0 Å². The molecule has 1 aliphatic rings. The second-order valence-corrected chi connectivity index (χ2v) is 7.59. The van der Waals surface area contributed by atoms with Crippen molar-refractivity contribution in [2.75, 3.05) is 13.6 Å². The lowest BCUT2D eigenvalue weighted by molar-refractivity contribution is 0.104. The van der Waals surface area contributed by atoms with Crippen LogP contribution < -0.4 is 5.73 Å². The maximum absolute atomic E-state index is 5.81. The number of rotatable bonds is 5. The zero-order valence-corrected chi connectivity index (χ0v) is 16.3. The number of nitrogens with two attached hydrogens (primary N) is 1. The van der Waals surface area contributed by atoms with E-state index in [1.165, 1.54) is 29.0 Å². The number of aryl methyl sites for hydroxylation is 2. The third-order valence-corrected chi connectivity index (χ3v) is 5.87. The first kappa shape index (κ1) is 18.1. The summed E-state index contributed by atoms with van der Waals surface area (Å²) in [5.41, 5.74) is 10.6. The van der Waals surface area contributed by atoms with E-state index in [0.29, 0.717) is 18.6 Å². The maximum Gasteiger partial charge on any atom is 0.127 e. The standard InChI is InChI=1S/C22H29N5/c1-16-8-6-14-24-21(16)19-11-5-12-20(26(19)2)22-25-17-9-3-4-10-18(17)27(22)15-7-13-23/h3-4,6,8-10,14,19-20H,5,7,11-13,15,23H2,1-2H3/t19-,20+/m0/s1. The van der Waals surface area contributed by atoms with Crippen LogP contribution in [0.2, 0.25) is 0 Å². The number of aromatic nitrogens is 3. The molecule has 1 saturated heterocycles. The molecular weight excluding hydrogens is 334 g/mol. The first-order valence-electron chi connectivity index (χ1n) is 9.99. The van der Waals surface area contributed by atoms with Gasteiger partial charge < -0.3 is 10.3 Å². The Kier molecular flexibility index (Phi) is 5.23. The zero-order valence-electron chi connectivity index (χ0n) is 16.3. The molecule has 142 valence electrons. The van der Waals surface area contributed by atoms with Gasteiger partial charge >= 0.3 is 0 Å². The Morgan fingerprint density at radius 3 is 2.74 bits per heavy atom. The van der Waals surface area contributed by atoms with E-state index in [0.717, 1.165) is 31.3 Å². The van der Waals surface area contributed by atoms with E-state index in [1.807, 2.05) is 12.3 Å². The molecule has 2 N–H and O–H groups in total. The summed E-state index contributed by atoms with van der Waals surface area (Å²) >= 11 is 0. The monoisotopic (exact) mass is 363 g/mol. The van der Waals surface area contributed by atoms with Crippen LogP contribution in [0.1, 0.15) is 54.8 Å². The molecule has 0 spiro atoms. The number of piperidine rings is 1. The normalized spacial score (nSPS) is 21.0. The quantitative estimate of drug-likeness (QED) is 0.745. The fourth-order valence-electron chi connectivity index (χ4n) is 4.45. The number of likely N-dealkylation sites (tertiary alicyclic amines) is 1. The Morgan fingerprint density at radius 2 is 1.93 bits per heavy atom. The summed E-state index contributed by atoms with van der Waals surface area (Å²) in [6.45, 7) is 3.78. The number of fused-ring (bicyclic) bond motifs is 1. The number of benzene rings is 1. The SMILES string of the molecule is Cc1cccnc1[C@@H]1CCC[C@H](c2nc3ccccc3n2CCCN)N1C. The molecule has 0 saturated carbocycles. The van der Waals surface area contributed by atoms with Crippen molar-refractivity contribution in [2.45, 2.75) is 51.2 Å². The molecule has 3 heterocycles. The van der Waals surface area contributed by atoms with Crippen molar-refractivity contribution in [1.29, 1.82) is 0 Å². The van der Waals surface area contributed by atoms with Gasteiger partial charge in [0.15, 0.2) is 0 Å². The third-order valence-electron chi connectivity index (χ3n) is 5.87. The van der Waals surface area contributed by atoms with Crippen molar-refractivity contribution in [3.8, 4) is 0 Å². The van der Waals surface area contributed by atoms with Gasteiger partial charge in [0.05, 0.1) is 28.8 Å². The molecule has 0 radical (unpaired) electrons. The molecule has 5 heteroatoms. The minimum absolute atomic E-state index is 0.301. The lowest BCUT2D eigenvalue weighted by atomic mass is 9.92. The predicted molar refractivity (Wildman–Crippen MR) is 109 cm³/mol. The first-order valence-corrected chi connectivity index (χ1v) is 9.99. The Bertz CT molecular complexity index is 916. The van der Waals surface area contributed by atoms with Crippen molar-refractivity contribution >= 4 is 11.0 Å². The molecule has 5 nitrogen and oxygen atoms in total. The minimum atomic E-state index is 0.301. The van der Waals surface area contributed by atoms with Crippen LogP contribution in [0.3, 0.4) is 0 Å². The zero-order chi connectivity index (χ0) is 18.8. The number of nitrogens with zero attached hydrogens (tertiary/aromatic N) is 4. The highest BCUT2D eigenvalue weighted by atomic mass is 15.2. The Morgan fingerprint density at radius 1 is 1.11 bits per heavy atom. The summed E-state index contributed by atoms with van der Waals surface area (Å²) in [7, 11) is 2.23. The van der Waals surface area contributed by atoms with Crippen molar-refractivity contribution in [2.24, 2.45) is 5.73 Å². The van der Waals surface area contributed by atoms with Crippen LogP contribution in [0, 0.1) is 6.92 Å². The van der Waals surface area contributed by atoms with Gasteiger partial charge in [0.1, 0.15) is 5.82 Å². The molecule has 0 bridgehead atoms. The van der Waals surface area contributed by atoms with Gasteiger partial charge in [-0.1, -0.05) is 18.2 Å². The molecule has 0 unspecified atom stereocenters. The lowest BCUT2D eigenvalue weighted by Crippen LogP contribution is -2.35. The second-order valence-electron chi connectivity index (χ2n) is 7.59. The molecule has 2 atom stereocenters. The number of para-hydroxylation sites is 2. The summed E-state index contributed by atoms with van der Waals surface area (Å²) in [6.07, 6.45) is 6.34. The van der Waals surface area contributed by atoms with Crippen molar-refractivity contribution < 1.29 is 0 Å². The molecule has 3 aromatic rings. The number of pyridine rings is 1. The van der Waals surface area contributed by atoms with E-state index in [2.05, 4.69) is 53.8 Å². The van der Waals surface area contributed by atoms with E-state index < -0.39 is 0 Å². The fraction of sp³-hybridized carbons (Fsp3) is 0.455. The summed E-state index contributed by atoms with van der Waals surface area (Å²) in [5, 5.41) is 0. The predicted octanol–water partition coefficient (Wildman–Crippen LogP) is 3.99. The molecule has 4 rings (SSSR count). The van der Waals surface area contributed by atoms with E-state index in [4.69, 9.17) is 15.7 Å². The van der Waals surface area contributed by atoms with Gasteiger partial charge in [0.2, 0.25) is 0 Å². The molecule has 0 aliphatic carbocycles. The molecule has 1 aromatic carbocycles. The smallest absolute Gasteiger partial charge is 0.127 e. The Labute approximate surface area is 161 Å². The van der Waals surface area contributed by atoms with Gasteiger partial charge in [-0.05, 0) is 70.0 Å². The minimum Gasteiger partial charge on any atom is -0.330 e. The van der Waals surface area contributed by atoms with Crippen molar-refractivity contribution in [3.05, 3.63) is 59.7 Å². The molecule has 27 heavy (non-hydrogen) atoms. The third kappa shape index (κ3) is 3.37. The van der Waals surface area contributed by atoms with Crippen LogP contribution >= 0.6 is 0 Å². The largest absolute Gasteiger partial charge is 0.330 e. The molecule has 1 aliphatic heterocycles. The highest BCUT2D eigenvalue weighted by Crippen LogP contribution is 2.40. The van der Waals surface area contributed by atoms with E-state index >= 15 is 0 Å². The van der Waals surface area contributed by atoms with Gasteiger partial charge in [-0.25, -0.2) is 4.98 Å². The van der Waals surface area contributed by atoms with E-state index in [1.54, 1.807) is 0 Å². The topological polar surface area (TPSA) is 60.0 Å². The Hall–Kier alpha value is -2.24. The van der Waals surface area contributed by atoms with Gasteiger partial charge in [-0.15, -0.1) is 0 Å². The number of imidazole rings is 1. The first-order chi connectivity index (χ1) is 13.2. The van der Waals surface area contributed by atoms with Gasteiger partial charge in [-0.2, -0.15) is 0 Å². The maximum atomic E-state index is 5.81. The lowest BCUT2D eigenvalue weighted by Gasteiger charge is -2.39. The fourth-order valence-corrected chi connectivity index (χ4v) is 4.45. The van der Waals surface area contributed by atoms with Crippen LogP contribution in [0.15, 0.2) is 42.6 Å². The molecular formula is C22H29N5. The molecule has 1 fully saturated rings. The van der Waals surface area contributed by atoms with Crippen molar-refractivity contribution in [1.82, 2.24) is 19.4 Å². The van der Waals surface area contributed by atoms with Gasteiger partial charge in [-0.3, -0.25) is 9.88 Å².